The second kappa shape index (κ2) is 7.73. The summed E-state index contributed by atoms with van der Waals surface area (Å²) in [7, 11) is 0. The molecule has 0 aliphatic carbocycles. The number of carbonyl (C=O) groups is 2. The number of amides is 2. The van der Waals surface area contributed by atoms with Crippen molar-refractivity contribution >= 4 is 45.6 Å². The highest BCUT2D eigenvalue weighted by atomic mass is 35.5. The number of benzene rings is 2. The first-order valence-electron chi connectivity index (χ1n) is 8.92. The molecule has 2 aromatic carbocycles. The lowest BCUT2D eigenvalue weighted by Crippen LogP contribution is -2.36. The van der Waals surface area contributed by atoms with Crippen molar-refractivity contribution in [3.05, 3.63) is 75.8 Å². The molecule has 28 heavy (non-hydrogen) atoms. The second-order valence-corrected chi connectivity index (χ2v) is 8.02. The van der Waals surface area contributed by atoms with E-state index in [1.54, 1.807) is 24.3 Å². The Kier molecular flexibility index (Phi) is 5.15. The van der Waals surface area contributed by atoms with Gasteiger partial charge in [-0.3, -0.25) is 14.9 Å². The molecular weight excluding hydrogens is 394 g/mol. The number of carbonyl (C=O) groups excluding carboxylic acids is 2. The smallest absolute Gasteiger partial charge is 0.257 e. The van der Waals surface area contributed by atoms with E-state index in [1.165, 1.54) is 16.9 Å². The quantitative estimate of drug-likeness (QED) is 0.684. The molecule has 2 amide bonds. The van der Waals surface area contributed by atoms with Gasteiger partial charge in [0.25, 0.3) is 5.91 Å². The zero-order chi connectivity index (χ0) is 19.7. The number of hydrogen-bond acceptors (Lipinski definition) is 4. The zero-order valence-corrected chi connectivity index (χ0v) is 16.8. The van der Waals surface area contributed by atoms with E-state index in [0.29, 0.717) is 21.4 Å². The molecule has 0 radical (unpaired) electrons. The van der Waals surface area contributed by atoms with Gasteiger partial charge in [0.2, 0.25) is 5.91 Å². The summed E-state index contributed by atoms with van der Waals surface area (Å²) in [4.78, 5) is 31.4. The molecular formula is C21H18ClN3O2S. The third-order valence-corrected chi connectivity index (χ3v) is 5.75. The Hall–Kier alpha value is -2.70. The van der Waals surface area contributed by atoms with Crippen LogP contribution in [-0.2, 0) is 17.6 Å². The molecule has 1 unspecified atom stereocenters. The first-order chi connectivity index (χ1) is 13.5. The molecule has 0 bridgehead atoms. The van der Waals surface area contributed by atoms with Gasteiger partial charge in [-0.1, -0.05) is 29.8 Å². The number of rotatable bonds is 4. The summed E-state index contributed by atoms with van der Waals surface area (Å²) in [6, 6.07) is 14.8. The van der Waals surface area contributed by atoms with Gasteiger partial charge in [-0.25, -0.2) is 4.98 Å². The van der Waals surface area contributed by atoms with Gasteiger partial charge < -0.3 is 4.90 Å². The summed E-state index contributed by atoms with van der Waals surface area (Å²) in [6.45, 7) is 2.05. The monoisotopic (exact) mass is 411 g/mol. The zero-order valence-electron chi connectivity index (χ0n) is 15.2. The number of anilines is 2. The molecule has 0 saturated carbocycles. The topological polar surface area (TPSA) is 62.3 Å². The van der Waals surface area contributed by atoms with Crippen LogP contribution in [0, 0.1) is 0 Å². The largest absolute Gasteiger partial charge is 0.309 e. The van der Waals surface area contributed by atoms with E-state index in [1.807, 2.05) is 28.5 Å². The van der Waals surface area contributed by atoms with Crippen molar-refractivity contribution in [2.75, 3.05) is 10.2 Å². The van der Waals surface area contributed by atoms with E-state index in [-0.39, 0.29) is 24.3 Å². The van der Waals surface area contributed by atoms with Crippen molar-refractivity contribution in [3.8, 4) is 0 Å². The maximum absolute atomic E-state index is 12.9. The van der Waals surface area contributed by atoms with Crippen LogP contribution in [0.1, 0.15) is 28.5 Å². The van der Waals surface area contributed by atoms with Crippen molar-refractivity contribution in [2.45, 2.75) is 25.8 Å². The number of fused-ring (bicyclic) bond motifs is 1. The Balaban J connectivity index is 1.43. The average Bonchev–Trinajstić information content (AvgIpc) is 3.24. The van der Waals surface area contributed by atoms with E-state index >= 15 is 0 Å². The van der Waals surface area contributed by atoms with Crippen LogP contribution in [0.15, 0.2) is 53.9 Å². The molecule has 1 aromatic heterocycles. The maximum atomic E-state index is 12.9. The fourth-order valence-corrected chi connectivity index (χ4v) is 4.23. The fraction of sp³-hybridized carbons (Fsp3) is 0.190. The minimum atomic E-state index is -0.258. The van der Waals surface area contributed by atoms with Gasteiger partial charge in [-0.05, 0) is 49.2 Å². The van der Waals surface area contributed by atoms with E-state index < -0.39 is 0 Å². The summed E-state index contributed by atoms with van der Waals surface area (Å²) in [6.07, 6.45) is 1.06. The van der Waals surface area contributed by atoms with Crippen LogP contribution in [0.2, 0.25) is 5.02 Å². The van der Waals surface area contributed by atoms with Gasteiger partial charge in [0.05, 0.1) is 12.1 Å². The first kappa shape index (κ1) is 18.7. The van der Waals surface area contributed by atoms with Crippen molar-refractivity contribution < 1.29 is 9.59 Å². The number of nitrogens with one attached hydrogen (secondary N) is 1. The maximum Gasteiger partial charge on any atom is 0.257 e. The Morgan fingerprint density at radius 3 is 2.75 bits per heavy atom. The van der Waals surface area contributed by atoms with E-state index in [9.17, 15) is 9.59 Å². The number of halogens is 1. The number of hydrogen-bond donors (Lipinski definition) is 1. The van der Waals surface area contributed by atoms with Crippen LogP contribution >= 0.6 is 22.9 Å². The van der Waals surface area contributed by atoms with E-state index in [0.717, 1.165) is 12.1 Å². The molecule has 7 heteroatoms. The number of thiazole rings is 1. The Labute approximate surface area is 172 Å². The van der Waals surface area contributed by atoms with Crippen LogP contribution in [0.25, 0.3) is 0 Å². The fourth-order valence-electron chi connectivity index (χ4n) is 3.40. The summed E-state index contributed by atoms with van der Waals surface area (Å²) in [5, 5.41) is 5.62. The van der Waals surface area contributed by atoms with Crippen LogP contribution in [0.4, 0.5) is 10.8 Å². The van der Waals surface area contributed by atoms with Crippen molar-refractivity contribution in [3.63, 3.8) is 0 Å². The second-order valence-electron chi connectivity index (χ2n) is 6.73. The Morgan fingerprint density at radius 2 is 1.96 bits per heavy atom. The van der Waals surface area contributed by atoms with Crippen LogP contribution < -0.4 is 10.2 Å². The first-order valence-corrected chi connectivity index (χ1v) is 10.2. The summed E-state index contributed by atoms with van der Waals surface area (Å²) in [5.74, 6) is -0.246. The van der Waals surface area contributed by atoms with Crippen molar-refractivity contribution in [2.24, 2.45) is 0 Å². The Bertz CT molecular complexity index is 1030. The van der Waals surface area contributed by atoms with E-state index in [4.69, 9.17) is 11.6 Å². The van der Waals surface area contributed by atoms with Gasteiger partial charge in [0.1, 0.15) is 0 Å². The third-order valence-electron chi connectivity index (χ3n) is 4.69. The lowest BCUT2D eigenvalue weighted by atomic mass is 10.1. The normalized spacial score (nSPS) is 15.4. The molecule has 1 N–H and O–H groups in total. The lowest BCUT2D eigenvalue weighted by molar-refractivity contribution is -0.118. The van der Waals surface area contributed by atoms with Crippen molar-refractivity contribution in [1.29, 1.82) is 0 Å². The highest BCUT2D eigenvalue weighted by Crippen LogP contribution is 2.32. The molecule has 4 rings (SSSR count). The minimum Gasteiger partial charge on any atom is -0.309 e. The van der Waals surface area contributed by atoms with Crippen molar-refractivity contribution in [1.82, 2.24) is 4.98 Å². The predicted molar refractivity (Wildman–Crippen MR) is 112 cm³/mol. The number of nitrogens with zero attached hydrogens (tertiary/aromatic N) is 2. The highest BCUT2D eigenvalue weighted by molar-refractivity contribution is 7.14. The molecule has 0 spiro atoms. The predicted octanol–water partition coefficient (Wildman–Crippen LogP) is 4.57. The van der Waals surface area contributed by atoms with Crippen LogP contribution in [-0.4, -0.2) is 22.8 Å². The van der Waals surface area contributed by atoms with Crippen LogP contribution in [0.3, 0.4) is 0 Å². The molecule has 142 valence electrons. The minimum absolute atomic E-state index is 0.0123. The number of para-hydroxylation sites is 1. The highest BCUT2D eigenvalue weighted by Gasteiger charge is 2.30. The molecule has 0 saturated heterocycles. The number of aromatic nitrogens is 1. The molecule has 5 nitrogen and oxygen atoms in total. The SMILES string of the molecule is CC1Cc2ccccc2N1C(=O)Cc1csc(NC(=O)c2ccc(Cl)cc2)n1. The average molecular weight is 412 g/mol. The molecule has 1 atom stereocenters. The van der Waals surface area contributed by atoms with E-state index in [2.05, 4.69) is 23.3 Å². The molecule has 0 fully saturated rings. The molecule has 1 aliphatic heterocycles. The van der Waals surface area contributed by atoms with Crippen LogP contribution in [0.5, 0.6) is 0 Å². The Morgan fingerprint density at radius 1 is 1.21 bits per heavy atom. The lowest BCUT2D eigenvalue weighted by Gasteiger charge is -2.22. The molecule has 1 aliphatic rings. The third kappa shape index (κ3) is 3.79. The standard InChI is InChI=1S/C21H18ClN3O2S/c1-13-10-15-4-2-3-5-18(15)25(13)19(26)11-17-12-28-21(23-17)24-20(27)14-6-8-16(22)9-7-14/h2-9,12-13H,10-11H2,1H3,(H,23,24,27). The summed E-state index contributed by atoms with van der Waals surface area (Å²) < 4.78 is 0. The van der Waals surface area contributed by atoms with Gasteiger partial charge in [-0.15, -0.1) is 11.3 Å². The molecule has 2 heterocycles. The summed E-state index contributed by atoms with van der Waals surface area (Å²) >= 11 is 7.15. The van der Waals surface area contributed by atoms with Gasteiger partial charge >= 0.3 is 0 Å². The summed E-state index contributed by atoms with van der Waals surface area (Å²) in [5.41, 5.74) is 3.32. The van der Waals surface area contributed by atoms with Gasteiger partial charge in [0.15, 0.2) is 5.13 Å². The van der Waals surface area contributed by atoms with Gasteiger partial charge in [-0.2, -0.15) is 0 Å². The van der Waals surface area contributed by atoms with Gasteiger partial charge in [0, 0.05) is 27.7 Å². The molecule has 3 aromatic rings.